The topological polar surface area (TPSA) is 60.9 Å². The highest BCUT2D eigenvalue weighted by atomic mass is 32.2. The smallest absolute Gasteiger partial charge is 0.237 e. The summed E-state index contributed by atoms with van der Waals surface area (Å²) >= 11 is 0. The first-order chi connectivity index (χ1) is 10.8. The Labute approximate surface area is 138 Å². The lowest BCUT2D eigenvalue weighted by Gasteiger charge is -2.25. The third-order valence-electron chi connectivity index (χ3n) is 4.20. The fourth-order valence-corrected chi connectivity index (χ4v) is 3.03. The zero-order valence-electron chi connectivity index (χ0n) is 14.0. The molecule has 1 heterocycles. The van der Waals surface area contributed by atoms with Crippen LogP contribution in [0.2, 0.25) is 0 Å². The number of likely N-dealkylation sites (N-methyl/N-ethyl adjacent to an activating group) is 2. The first-order valence-corrected chi connectivity index (χ1v) is 9.62. The van der Waals surface area contributed by atoms with E-state index in [9.17, 15) is 13.2 Å². The predicted molar refractivity (Wildman–Crippen MR) is 91.8 cm³/mol. The number of nitrogens with zero attached hydrogens (tertiary/aromatic N) is 3. The van der Waals surface area contributed by atoms with Gasteiger partial charge in [-0.25, -0.2) is 8.42 Å². The summed E-state index contributed by atoms with van der Waals surface area (Å²) in [7, 11) is -0.224. The van der Waals surface area contributed by atoms with Gasteiger partial charge in [0.1, 0.15) is 0 Å². The van der Waals surface area contributed by atoms with Gasteiger partial charge in [0.05, 0.1) is 12.8 Å². The SMILES string of the molecule is CN(Cc1ccccc1N1CCCC1)C(=O)CN(C)S(C)(=O)=O. The van der Waals surface area contributed by atoms with Crippen LogP contribution in [0, 0.1) is 0 Å². The number of amides is 1. The van der Waals surface area contributed by atoms with Gasteiger partial charge in [0.2, 0.25) is 15.9 Å². The molecule has 6 nitrogen and oxygen atoms in total. The molecule has 0 aromatic heterocycles. The molecule has 0 unspecified atom stereocenters. The van der Waals surface area contributed by atoms with E-state index in [1.807, 2.05) is 18.2 Å². The van der Waals surface area contributed by atoms with Crippen molar-refractivity contribution in [1.82, 2.24) is 9.21 Å². The minimum atomic E-state index is -3.35. The normalized spacial score (nSPS) is 15.2. The van der Waals surface area contributed by atoms with Crippen molar-refractivity contribution in [1.29, 1.82) is 0 Å². The maximum absolute atomic E-state index is 12.2. The number of para-hydroxylation sites is 1. The third kappa shape index (κ3) is 4.68. The van der Waals surface area contributed by atoms with Crippen LogP contribution in [0.3, 0.4) is 0 Å². The molecule has 0 bridgehead atoms. The third-order valence-corrected chi connectivity index (χ3v) is 5.46. The molecule has 7 heteroatoms. The Morgan fingerprint density at radius 2 is 1.78 bits per heavy atom. The number of carbonyl (C=O) groups is 1. The molecule has 1 aliphatic rings. The maximum Gasteiger partial charge on any atom is 0.237 e. The molecule has 0 radical (unpaired) electrons. The van der Waals surface area contributed by atoms with Crippen LogP contribution in [0.5, 0.6) is 0 Å². The van der Waals surface area contributed by atoms with Crippen molar-refractivity contribution >= 4 is 21.6 Å². The number of benzene rings is 1. The molecule has 0 spiro atoms. The van der Waals surface area contributed by atoms with E-state index in [0.29, 0.717) is 6.54 Å². The second kappa shape index (κ2) is 7.31. The van der Waals surface area contributed by atoms with Crippen LogP contribution in [-0.4, -0.2) is 63.5 Å². The second-order valence-corrected chi connectivity index (χ2v) is 8.18. The summed E-state index contributed by atoms with van der Waals surface area (Å²) in [5, 5.41) is 0. The van der Waals surface area contributed by atoms with E-state index < -0.39 is 10.0 Å². The number of hydrogen-bond acceptors (Lipinski definition) is 4. The van der Waals surface area contributed by atoms with Crippen LogP contribution >= 0.6 is 0 Å². The summed E-state index contributed by atoms with van der Waals surface area (Å²) in [4.78, 5) is 16.2. The molecule has 23 heavy (non-hydrogen) atoms. The van der Waals surface area contributed by atoms with Gasteiger partial charge in [0.25, 0.3) is 0 Å². The molecule has 1 aromatic carbocycles. The first kappa shape index (κ1) is 17.7. The van der Waals surface area contributed by atoms with Crippen molar-refractivity contribution in [2.24, 2.45) is 0 Å². The molecular weight excluding hydrogens is 314 g/mol. The van der Waals surface area contributed by atoms with Gasteiger partial charge in [0.15, 0.2) is 0 Å². The molecule has 0 atom stereocenters. The fourth-order valence-electron chi connectivity index (χ4n) is 2.68. The Morgan fingerprint density at radius 3 is 2.39 bits per heavy atom. The van der Waals surface area contributed by atoms with Gasteiger partial charge < -0.3 is 9.80 Å². The number of sulfonamides is 1. The van der Waals surface area contributed by atoms with E-state index in [1.165, 1.54) is 25.6 Å². The fraction of sp³-hybridized carbons (Fsp3) is 0.562. The predicted octanol–water partition coefficient (Wildman–Crippen LogP) is 1.14. The first-order valence-electron chi connectivity index (χ1n) is 7.77. The van der Waals surface area contributed by atoms with Gasteiger partial charge in [-0.05, 0) is 24.5 Å². The lowest BCUT2D eigenvalue weighted by Crippen LogP contribution is -2.38. The number of rotatable bonds is 6. The van der Waals surface area contributed by atoms with E-state index in [2.05, 4.69) is 11.0 Å². The molecule has 1 saturated heterocycles. The largest absolute Gasteiger partial charge is 0.371 e. The highest BCUT2D eigenvalue weighted by Crippen LogP contribution is 2.25. The zero-order chi connectivity index (χ0) is 17.0. The Morgan fingerprint density at radius 1 is 1.17 bits per heavy atom. The van der Waals surface area contributed by atoms with Crippen LogP contribution < -0.4 is 4.90 Å². The van der Waals surface area contributed by atoms with Crippen molar-refractivity contribution in [2.75, 3.05) is 44.9 Å². The van der Waals surface area contributed by atoms with Gasteiger partial charge in [0, 0.05) is 39.4 Å². The van der Waals surface area contributed by atoms with Crippen LogP contribution in [-0.2, 0) is 21.4 Å². The highest BCUT2D eigenvalue weighted by Gasteiger charge is 2.20. The average molecular weight is 339 g/mol. The highest BCUT2D eigenvalue weighted by molar-refractivity contribution is 7.88. The Balaban J connectivity index is 2.05. The Kier molecular flexibility index (Phi) is 5.64. The lowest BCUT2D eigenvalue weighted by molar-refractivity contribution is -0.130. The molecule has 2 rings (SSSR count). The van der Waals surface area contributed by atoms with Crippen LogP contribution in [0.15, 0.2) is 24.3 Å². The molecule has 0 N–H and O–H groups in total. The van der Waals surface area contributed by atoms with Crippen molar-refractivity contribution in [3.05, 3.63) is 29.8 Å². The van der Waals surface area contributed by atoms with E-state index in [-0.39, 0.29) is 12.5 Å². The summed E-state index contributed by atoms with van der Waals surface area (Å²) < 4.78 is 23.9. The van der Waals surface area contributed by atoms with Gasteiger partial charge in [-0.2, -0.15) is 4.31 Å². The molecule has 1 aromatic rings. The van der Waals surface area contributed by atoms with E-state index in [0.717, 1.165) is 29.2 Å². The standard InChI is InChI=1S/C16H25N3O3S/c1-17(16(20)13-18(2)23(3,21)22)12-14-8-4-5-9-15(14)19-10-6-7-11-19/h4-5,8-9H,6-7,10-13H2,1-3H3. The average Bonchev–Trinajstić information content (AvgIpc) is 3.00. The van der Waals surface area contributed by atoms with Crippen LogP contribution in [0.1, 0.15) is 18.4 Å². The number of hydrogen-bond donors (Lipinski definition) is 0. The maximum atomic E-state index is 12.2. The molecule has 128 valence electrons. The van der Waals surface area contributed by atoms with Crippen LogP contribution in [0.4, 0.5) is 5.69 Å². The van der Waals surface area contributed by atoms with Crippen molar-refractivity contribution < 1.29 is 13.2 Å². The summed E-state index contributed by atoms with van der Waals surface area (Å²) in [6, 6.07) is 8.09. The Hall–Kier alpha value is -1.60. The van der Waals surface area contributed by atoms with Crippen molar-refractivity contribution in [3.63, 3.8) is 0 Å². The van der Waals surface area contributed by atoms with Gasteiger partial charge >= 0.3 is 0 Å². The van der Waals surface area contributed by atoms with E-state index >= 15 is 0 Å². The molecule has 0 aliphatic carbocycles. The molecule has 1 fully saturated rings. The van der Waals surface area contributed by atoms with Crippen molar-refractivity contribution in [2.45, 2.75) is 19.4 Å². The summed E-state index contributed by atoms with van der Waals surface area (Å²) in [6.07, 6.45) is 3.49. The zero-order valence-corrected chi connectivity index (χ0v) is 14.8. The second-order valence-electron chi connectivity index (χ2n) is 6.09. The molecular formula is C16H25N3O3S. The molecule has 0 saturated carbocycles. The minimum Gasteiger partial charge on any atom is -0.371 e. The Bertz CT molecular complexity index is 654. The summed E-state index contributed by atoms with van der Waals surface area (Å²) in [5.41, 5.74) is 2.26. The monoisotopic (exact) mass is 339 g/mol. The number of carbonyl (C=O) groups excluding carboxylic acids is 1. The number of anilines is 1. The van der Waals surface area contributed by atoms with Crippen molar-refractivity contribution in [3.8, 4) is 0 Å². The lowest BCUT2D eigenvalue weighted by atomic mass is 10.1. The summed E-state index contributed by atoms with van der Waals surface area (Å²) in [6.45, 7) is 2.43. The molecule has 1 amide bonds. The van der Waals surface area contributed by atoms with E-state index in [4.69, 9.17) is 0 Å². The van der Waals surface area contributed by atoms with Gasteiger partial charge in [-0.3, -0.25) is 4.79 Å². The minimum absolute atomic E-state index is 0.138. The summed E-state index contributed by atoms with van der Waals surface area (Å²) in [5.74, 6) is -0.214. The molecule has 1 aliphatic heterocycles. The van der Waals surface area contributed by atoms with E-state index in [1.54, 1.807) is 11.9 Å². The van der Waals surface area contributed by atoms with Crippen LogP contribution in [0.25, 0.3) is 0 Å². The quantitative estimate of drug-likeness (QED) is 0.780. The van der Waals surface area contributed by atoms with Gasteiger partial charge in [-0.15, -0.1) is 0 Å². The van der Waals surface area contributed by atoms with Gasteiger partial charge in [-0.1, -0.05) is 18.2 Å².